The molecule has 0 aromatic heterocycles. The van der Waals surface area contributed by atoms with Gasteiger partial charge in [0.2, 0.25) is 5.91 Å². The van der Waals surface area contributed by atoms with E-state index in [1.54, 1.807) is 0 Å². The van der Waals surface area contributed by atoms with E-state index in [9.17, 15) is 4.79 Å². The van der Waals surface area contributed by atoms with Gasteiger partial charge in [-0.05, 0) is 24.8 Å². The van der Waals surface area contributed by atoms with Crippen LogP contribution in [0.25, 0.3) is 0 Å². The molecular weight excluding hydrogens is 224 g/mol. The Morgan fingerprint density at radius 3 is 2.56 bits per heavy atom. The average Bonchev–Trinajstić information content (AvgIpc) is 2.71. The van der Waals surface area contributed by atoms with Crippen LogP contribution in [0, 0.1) is 5.41 Å². The fourth-order valence-electron chi connectivity index (χ4n) is 3.13. The number of amides is 1. The largest absolute Gasteiger partial charge is 0.338 e. The quantitative estimate of drug-likeness (QED) is 0.780. The minimum Gasteiger partial charge on any atom is -0.338 e. The van der Waals surface area contributed by atoms with Crippen LogP contribution in [0.1, 0.15) is 24.8 Å². The van der Waals surface area contributed by atoms with Gasteiger partial charge >= 0.3 is 0 Å². The van der Waals surface area contributed by atoms with Crippen molar-refractivity contribution in [3.05, 3.63) is 35.9 Å². The lowest BCUT2D eigenvalue weighted by atomic mass is 9.78. The predicted octanol–water partition coefficient (Wildman–Crippen LogP) is 1.80. The van der Waals surface area contributed by atoms with Gasteiger partial charge in [0.25, 0.3) is 0 Å². The molecule has 3 nitrogen and oxygen atoms in total. The van der Waals surface area contributed by atoms with E-state index in [0.29, 0.717) is 5.91 Å². The third kappa shape index (κ3) is 2.03. The first kappa shape index (κ1) is 11.7. The van der Waals surface area contributed by atoms with E-state index in [-0.39, 0.29) is 5.41 Å². The van der Waals surface area contributed by atoms with Crippen LogP contribution in [-0.4, -0.2) is 30.4 Å². The maximum atomic E-state index is 12.6. The summed E-state index contributed by atoms with van der Waals surface area (Å²) < 4.78 is 0. The Hall–Kier alpha value is -1.35. The second-order valence-corrected chi connectivity index (χ2v) is 5.41. The van der Waals surface area contributed by atoms with E-state index in [2.05, 4.69) is 17.4 Å². The molecule has 0 aliphatic carbocycles. The molecule has 0 unspecified atom stereocenters. The molecule has 2 fully saturated rings. The topological polar surface area (TPSA) is 34.4 Å². The molecule has 2 aliphatic rings. The van der Waals surface area contributed by atoms with Crippen molar-refractivity contribution >= 4 is 5.91 Å². The summed E-state index contributed by atoms with van der Waals surface area (Å²) in [6, 6.07) is 10.3. The summed E-state index contributed by atoms with van der Waals surface area (Å²) in [4.78, 5) is 14.6. The zero-order valence-electron chi connectivity index (χ0n) is 10.6. The Labute approximate surface area is 108 Å². The van der Waals surface area contributed by atoms with Gasteiger partial charge in [-0.1, -0.05) is 30.3 Å². The maximum absolute atomic E-state index is 12.6. The highest BCUT2D eigenvalue weighted by atomic mass is 16.2. The third-order valence-electron chi connectivity index (χ3n) is 4.31. The first-order chi connectivity index (χ1) is 8.80. The van der Waals surface area contributed by atoms with Crippen LogP contribution in [0.15, 0.2) is 30.3 Å². The number of carbonyl (C=O) groups excluding carboxylic acids is 1. The average molecular weight is 243 g/mol. The zero-order chi connectivity index (χ0) is 12.4. The number of hydrogen-bond acceptors (Lipinski definition) is 1. The number of likely N-dealkylation sites (tertiary alicyclic amines) is 1. The van der Waals surface area contributed by atoms with Gasteiger partial charge in [-0.2, -0.15) is 0 Å². The number of rotatable bonds is 2. The standard InChI is InChI=1S/C15H19N2O/c18-14-15(6-9-16-10-7-15)8-11-17(14)12-13-4-2-1-3-5-13/h1-5H,6-12H2. The van der Waals surface area contributed by atoms with Crippen LogP contribution in [0.4, 0.5) is 0 Å². The molecule has 95 valence electrons. The minimum absolute atomic E-state index is 0.0729. The van der Waals surface area contributed by atoms with Crippen molar-refractivity contribution in [2.45, 2.75) is 25.8 Å². The van der Waals surface area contributed by atoms with Crippen LogP contribution in [0.2, 0.25) is 0 Å². The van der Waals surface area contributed by atoms with E-state index in [0.717, 1.165) is 45.4 Å². The highest BCUT2D eigenvalue weighted by molar-refractivity contribution is 5.85. The Morgan fingerprint density at radius 1 is 1.11 bits per heavy atom. The number of hydrogen-bond donors (Lipinski definition) is 0. The van der Waals surface area contributed by atoms with Crippen LogP contribution >= 0.6 is 0 Å². The summed E-state index contributed by atoms with van der Waals surface area (Å²) in [6.07, 6.45) is 2.93. The second kappa shape index (κ2) is 4.73. The molecule has 0 N–H and O–H groups in total. The molecule has 1 aromatic carbocycles. The van der Waals surface area contributed by atoms with E-state index in [4.69, 9.17) is 0 Å². The fourth-order valence-corrected chi connectivity index (χ4v) is 3.13. The second-order valence-electron chi connectivity index (χ2n) is 5.41. The Morgan fingerprint density at radius 2 is 1.83 bits per heavy atom. The lowest BCUT2D eigenvalue weighted by Crippen LogP contribution is -2.40. The van der Waals surface area contributed by atoms with Crippen molar-refractivity contribution in [3.63, 3.8) is 0 Å². The first-order valence-corrected chi connectivity index (χ1v) is 6.77. The van der Waals surface area contributed by atoms with Gasteiger partial charge < -0.3 is 4.90 Å². The number of benzene rings is 1. The Bertz CT molecular complexity index is 423. The zero-order valence-corrected chi connectivity index (χ0v) is 10.6. The molecule has 0 atom stereocenters. The highest BCUT2D eigenvalue weighted by Crippen LogP contribution is 2.40. The number of nitrogens with zero attached hydrogens (tertiary/aromatic N) is 2. The maximum Gasteiger partial charge on any atom is 0.229 e. The van der Waals surface area contributed by atoms with Crippen molar-refractivity contribution < 1.29 is 4.79 Å². The van der Waals surface area contributed by atoms with E-state index in [1.807, 2.05) is 23.1 Å². The van der Waals surface area contributed by atoms with Gasteiger partial charge in [-0.25, -0.2) is 5.32 Å². The molecule has 1 spiro atoms. The van der Waals surface area contributed by atoms with Gasteiger partial charge in [-0.15, -0.1) is 0 Å². The van der Waals surface area contributed by atoms with Gasteiger partial charge in [0.15, 0.2) is 0 Å². The highest BCUT2D eigenvalue weighted by Gasteiger charge is 2.46. The number of carbonyl (C=O) groups is 1. The van der Waals surface area contributed by atoms with Crippen LogP contribution < -0.4 is 5.32 Å². The molecule has 1 aromatic rings. The monoisotopic (exact) mass is 243 g/mol. The minimum atomic E-state index is -0.0729. The third-order valence-corrected chi connectivity index (χ3v) is 4.31. The molecule has 18 heavy (non-hydrogen) atoms. The van der Waals surface area contributed by atoms with Gasteiger partial charge in [-0.3, -0.25) is 4.79 Å². The summed E-state index contributed by atoms with van der Waals surface area (Å²) in [6.45, 7) is 3.40. The summed E-state index contributed by atoms with van der Waals surface area (Å²) in [5.41, 5.74) is 1.15. The smallest absolute Gasteiger partial charge is 0.229 e. The van der Waals surface area contributed by atoms with E-state index >= 15 is 0 Å². The molecule has 1 amide bonds. The van der Waals surface area contributed by atoms with Crippen molar-refractivity contribution in [1.29, 1.82) is 0 Å². The molecule has 2 heterocycles. The van der Waals surface area contributed by atoms with Crippen molar-refractivity contribution in [2.24, 2.45) is 5.41 Å². The van der Waals surface area contributed by atoms with E-state index < -0.39 is 0 Å². The molecule has 2 aliphatic heterocycles. The Balaban J connectivity index is 1.71. The molecule has 2 saturated heterocycles. The predicted molar refractivity (Wildman–Crippen MR) is 70.0 cm³/mol. The summed E-state index contributed by atoms with van der Waals surface area (Å²) in [7, 11) is 0. The SMILES string of the molecule is O=C1N(Cc2ccccc2)CCC12CC[N]CC2. The van der Waals surface area contributed by atoms with Crippen molar-refractivity contribution in [1.82, 2.24) is 10.2 Å². The van der Waals surface area contributed by atoms with Gasteiger partial charge in [0.1, 0.15) is 0 Å². The fraction of sp³-hybridized carbons (Fsp3) is 0.533. The Kier molecular flexibility index (Phi) is 3.08. The lowest BCUT2D eigenvalue weighted by Gasteiger charge is -2.31. The normalized spacial score (nSPS) is 22.7. The van der Waals surface area contributed by atoms with Crippen LogP contribution in [-0.2, 0) is 11.3 Å². The van der Waals surface area contributed by atoms with Crippen molar-refractivity contribution in [3.8, 4) is 0 Å². The lowest BCUT2D eigenvalue weighted by molar-refractivity contribution is -0.137. The van der Waals surface area contributed by atoms with Gasteiger partial charge in [0, 0.05) is 26.2 Å². The molecule has 3 heteroatoms. The van der Waals surface area contributed by atoms with Crippen LogP contribution in [0.5, 0.6) is 0 Å². The first-order valence-electron chi connectivity index (χ1n) is 6.77. The molecule has 0 saturated carbocycles. The summed E-state index contributed by atoms with van der Waals surface area (Å²) >= 11 is 0. The van der Waals surface area contributed by atoms with Crippen molar-refractivity contribution in [2.75, 3.05) is 19.6 Å². The van der Waals surface area contributed by atoms with Gasteiger partial charge in [0.05, 0.1) is 5.41 Å². The molecule has 3 rings (SSSR count). The van der Waals surface area contributed by atoms with E-state index in [1.165, 1.54) is 5.56 Å². The molecule has 0 bridgehead atoms. The molecule has 1 radical (unpaired) electrons. The summed E-state index contributed by atoms with van der Waals surface area (Å²) in [5.74, 6) is 0.362. The number of piperidine rings is 1. The molecular formula is C15H19N2O. The van der Waals surface area contributed by atoms with Crippen LogP contribution in [0.3, 0.4) is 0 Å². The summed E-state index contributed by atoms with van der Waals surface area (Å²) in [5, 5.41) is 4.37.